The number of hydrogen-bond donors (Lipinski definition) is 1. The number of carbonyl (C=O) groups excluding carboxylic acids is 1. The van der Waals surface area contributed by atoms with Gasteiger partial charge in [0.2, 0.25) is 0 Å². The van der Waals surface area contributed by atoms with Gasteiger partial charge in [-0.2, -0.15) is 5.10 Å². The Labute approximate surface area is 113 Å². The number of carbonyl (C=O) groups is 1. The highest BCUT2D eigenvalue weighted by Gasteiger charge is 2.24. The molecule has 0 aliphatic carbocycles. The third-order valence-electron chi connectivity index (χ3n) is 3.27. The van der Waals surface area contributed by atoms with Crippen molar-refractivity contribution in [3.05, 3.63) is 53.3 Å². The maximum atomic E-state index is 12.2. The van der Waals surface area contributed by atoms with Crippen LogP contribution in [0.4, 0.5) is 0 Å². The van der Waals surface area contributed by atoms with Crippen LogP contribution < -0.4 is 5.32 Å². The van der Waals surface area contributed by atoms with Crippen molar-refractivity contribution >= 4 is 5.91 Å². The van der Waals surface area contributed by atoms with E-state index in [4.69, 9.17) is 0 Å². The first-order valence-electron chi connectivity index (χ1n) is 6.29. The van der Waals surface area contributed by atoms with Crippen LogP contribution in [0, 0.1) is 6.92 Å². The molecule has 0 spiro atoms. The van der Waals surface area contributed by atoms with Crippen LogP contribution in [0.3, 0.4) is 0 Å². The number of aromatic nitrogens is 2. The topological polar surface area (TPSA) is 46.9 Å². The molecule has 1 amide bonds. The average molecular weight is 257 g/mol. The fraction of sp³-hybridized carbons (Fsp3) is 0.333. The van der Waals surface area contributed by atoms with Crippen LogP contribution in [0.15, 0.2) is 36.4 Å². The fourth-order valence-electron chi connectivity index (χ4n) is 1.95. The molecule has 1 aromatic carbocycles. The number of aryl methyl sites for hydroxylation is 2. The predicted molar refractivity (Wildman–Crippen MR) is 74.9 cm³/mol. The van der Waals surface area contributed by atoms with E-state index in [-0.39, 0.29) is 5.91 Å². The van der Waals surface area contributed by atoms with Crippen molar-refractivity contribution in [3.63, 3.8) is 0 Å². The molecule has 0 aliphatic heterocycles. The van der Waals surface area contributed by atoms with E-state index >= 15 is 0 Å². The Morgan fingerprint density at radius 2 is 1.89 bits per heavy atom. The van der Waals surface area contributed by atoms with Gasteiger partial charge in [0.15, 0.2) is 0 Å². The van der Waals surface area contributed by atoms with Gasteiger partial charge in [-0.15, -0.1) is 0 Å². The Bertz CT molecular complexity index is 565. The molecule has 1 aromatic heterocycles. The first-order valence-corrected chi connectivity index (χ1v) is 6.29. The van der Waals surface area contributed by atoms with Gasteiger partial charge in [0.1, 0.15) is 5.69 Å². The summed E-state index contributed by atoms with van der Waals surface area (Å²) < 4.78 is 1.70. The molecule has 0 radical (unpaired) electrons. The Kier molecular flexibility index (Phi) is 3.42. The standard InChI is InChI=1S/C15H19N3O/c1-11-10-13(17-18(11)4)14(19)16-15(2,3)12-8-6-5-7-9-12/h5-10H,1-4H3,(H,16,19). The van der Waals surface area contributed by atoms with E-state index in [0.717, 1.165) is 11.3 Å². The monoisotopic (exact) mass is 257 g/mol. The Balaban J connectivity index is 2.18. The van der Waals surface area contributed by atoms with Crippen molar-refractivity contribution in [2.45, 2.75) is 26.3 Å². The zero-order chi connectivity index (χ0) is 14.0. The van der Waals surface area contributed by atoms with E-state index in [1.54, 1.807) is 10.7 Å². The van der Waals surface area contributed by atoms with E-state index in [0.29, 0.717) is 5.69 Å². The zero-order valence-electron chi connectivity index (χ0n) is 11.8. The minimum atomic E-state index is -0.427. The lowest BCUT2D eigenvalue weighted by atomic mass is 9.94. The minimum absolute atomic E-state index is 0.155. The van der Waals surface area contributed by atoms with Crippen LogP contribution in [-0.2, 0) is 12.6 Å². The molecule has 0 atom stereocenters. The fourth-order valence-corrected chi connectivity index (χ4v) is 1.95. The lowest BCUT2D eigenvalue weighted by molar-refractivity contribution is 0.0906. The lowest BCUT2D eigenvalue weighted by Crippen LogP contribution is -2.41. The number of rotatable bonds is 3. The summed E-state index contributed by atoms with van der Waals surface area (Å²) in [4.78, 5) is 12.2. The highest BCUT2D eigenvalue weighted by molar-refractivity contribution is 5.92. The molecule has 100 valence electrons. The third kappa shape index (κ3) is 2.84. The third-order valence-corrected chi connectivity index (χ3v) is 3.27. The molecular weight excluding hydrogens is 238 g/mol. The van der Waals surface area contributed by atoms with Gasteiger partial charge in [0.05, 0.1) is 5.54 Å². The first-order chi connectivity index (χ1) is 8.90. The van der Waals surface area contributed by atoms with Gasteiger partial charge in [-0.3, -0.25) is 9.48 Å². The van der Waals surface area contributed by atoms with Crippen LogP contribution >= 0.6 is 0 Å². The van der Waals surface area contributed by atoms with Crippen LogP contribution in [0.5, 0.6) is 0 Å². The molecule has 1 N–H and O–H groups in total. The molecule has 2 aromatic rings. The molecule has 0 unspecified atom stereocenters. The lowest BCUT2D eigenvalue weighted by Gasteiger charge is -2.26. The summed E-state index contributed by atoms with van der Waals surface area (Å²) in [6.45, 7) is 5.89. The molecule has 0 fully saturated rings. The summed E-state index contributed by atoms with van der Waals surface area (Å²) in [6, 6.07) is 11.7. The summed E-state index contributed by atoms with van der Waals surface area (Å²) in [5, 5.41) is 7.21. The Hall–Kier alpha value is -2.10. The van der Waals surface area contributed by atoms with Gasteiger partial charge in [0, 0.05) is 12.7 Å². The van der Waals surface area contributed by atoms with E-state index in [2.05, 4.69) is 10.4 Å². The van der Waals surface area contributed by atoms with Gasteiger partial charge >= 0.3 is 0 Å². The summed E-state index contributed by atoms with van der Waals surface area (Å²) in [5.74, 6) is -0.155. The summed E-state index contributed by atoms with van der Waals surface area (Å²) >= 11 is 0. The summed E-state index contributed by atoms with van der Waals surface area (Å²) in [6.07, 6.45) is 0. The quantitative estimate of drug-likeness (QED) is 0.917. The van der Waals surface area contributed by atoms with E-state index < -0.39 is 5.54 Å². The molecule has 0 saturated heterocycles. The first kappa shape index (κ1) is 13.3. The summed E-state index contributed by atoms with van der Waals surface area (Å²) in [5.41, 5.74) is 2.05. The maximum Gasteiger partial charge on any atom is 0.272 e. The van der Waals surface area contributed by atoms with Crippen molar-refractivity contribution in [3.8, 4) is 0 Å². The predicted octanol–water partition coefficient (Wildman–Crippen LogP) is 2.39. The molecule has 0 saturated carbocycles. The van der Waals surface area contributed by atoms with Crippen molar-refractivity contribution in [1.82, 2.24) is 15.1 Å². The van der Waals surface area contributed by atoms with E-state index in [1.165, 1.54) is 0 Å². The number of hydrogen-bond acceptors (Lipinski definition) is 2. The van der Waals surface area contributed by atoms with Crippen molar-refractivity contribution < 1.29 is 4.79 Å². The molecule has 0 bridgehead atoms. The van der Waals surface area contributed by atoms with Crippen molar-refractivity contribution in [1.29, 1.82) is 0 Å². The smallest absolute Gasteiger partial charge is 0.272 e. The minimum Gasteiger partial charge on any atom is -0.342 e. The molecule has 2 rings (SSSR count). The maximum absolute atomic E-state index is 12.2. The normalized spacial score (nSPS) is 11.4. The Morgan fingerprint density at radius 3 is 2.42 bits per heavy atom. The molecule has 1 heterocycles. The van der Waals surface area contributed by atoms with Crippen LogP contribution in [-0.4, -0.2) is 15.7 Å². The SMILES string of the molecule is Cc1cc(C(=O)NC(C)(C)c2ccccc2)nn1C. The average Bonchev–Trinajstić information content (AvgIpc) is 2.70. The van der Waals surface area contributed by atoms with Crippen LogP contribution in [0.25, 0.3) is 0 Å². The number of benzene rings is 1. The second-order valence-corrected chi connectivity index (χ2v) is 5.24. The number of nitrogens with one attached hydrogen (secondary N) is 1. The molecule has 4 heteroatoms. The van der Waals surface area contributed by atoms with Crippen LogP contribution in [0.2, 0.25) is 0 Å². The van der Waals surface area contributed by atoms with Crippen molar-refractivity contribution in [2.24, 2.45) is 7.05 Å². The Morgan fingerprint density at radius 1 is 1.26 bits per heavy atom. The second-order valence-electron chi connectivity index (χ2n) is 5.24. The molecule has 4 nitrogen and oxygen atoms in total. The van der Waals surface area contributed by atoms with E-state index in [9.17, 15) is 4.79 Å². The summed E-state index contributed by atoms with van der Waals surface area (Å²) in [7, 11) is 1.83. The van der Waals surface area contributed by atoms with Gasteiger partial charge in [0.25, 0.3) is 5.91 Å². The molecular formula is C15H19N3O. The van der Waals surface area contributed by atoms with Gasteiger partial charge < -0.3 is 5.32 Å². The second kappa shape index (κ2) is 4.88. The zero-order valence-corrected chi connectivity index (χ0v) is 11.8. The van der Waals surface area contributed by atoms with E-state index in [1.807, 2.05) is 58.2 Å². The number of amides is 1. The van der Waals surface area contributed by atoms with Crippen LogP contribution in [0.1, 0.15) is 35.6 Å². The van der Waals surface area contributed by atoms with Crippen molar-refractivity contribution in [2.75, 3.05) is 0 Å². The van der Waals surface area contributed by atoms with Gasteiger partial charge in [-0.05, 0) is 32.4 Å². The van der Waals surface area contributed by atoms with Gasteiger partial charge in [-0.25, -0.2) is 0 Å². The number of nitrogens with zero attached hydrogens (tertiary/aromatic N) is 2. The highest BCUT2D eigenvalue weighted by atomic mass is 16.2. The molecule has 19 heavy (non-hydrogen) atoms. The molecule has 0 aliphatic rings. The largest absolute Gasteiger partial charge is 0.342 e. The van der Waals surface area contributed by atoms with Gasteiger partial charge in [-0.1, -0.05) is 30.3 Å². The highest BCUT2D eigenvalue weighted by Crippen LogP contribution is 2.20.